The number of aromatic nitrogens is 1. The highest BCUT2D eigenvalue weighted by Gasteiger charge is 2.46. The summed E-state index contributed by atoms with van der Waals surface area (Å²) in [6.45, 7) is 0.958. The Morgan fingerprint density at radius 1 is 0.925 bits per heavy atom. The number of nitrogens with zero attached hydrogens (tertiary/aromatic N) is 2. The Morgan fingerprint density at radius 3 is 2.25 bits per heavy atom. The standard InChI is InChI=1S/C27H21F6N3O3S/c28-26(29,30)23-17(5-7-22(37)36-12-14-39-15-13-36)4-6-21(24(23)27(31,32)33)40-20-3-1-2-19(16-20)35-25(38)18-8-10-34-11-9-18/h1-11,16H,12-15H2,(H,35,38). The second-order valence-corrected chi connectivity index (χ2v) is 9.60. The average molecular weight is 582 g/mol. The largest absolute Gasteiger partial charge is 0.418 e. The van der Waals surface area contributed by atoms with E-state index in [9.17, 15) is 35.9 Å². The van der Waals surface area contributed by atoms with Gasteiger partial charge in [-0.15, -0.1) is 0 Å². The van der Waals surface area contributed by atoms with Gasteiger partial charge in [0, 0.05) is 52.6 Å². The summed E-state index contributed by atoms with van der Waals surface area (Å²) in [6, 6.07) is 10.5. The van der Waals surface area contributed by atoms with Crippen LogP contribution in [0.2, 0.25) is 0 Å². The fourth-order valence-corrected chi connectivity index (χ4v) is 4.97. The first-order chi connectivity index (χ1) is 18.9. The van der Waals surface area contributed by atoms with Crippen molar-refractivity contribution >= 4 is 35.3 Å². The van der Waals surface area contributed by atoms with Gasteiger partial charge in [0.15, 0.2) is 0 Å². The molecule has 1 aromatic heterocycles. The predicted octanol–water partition coefficient (Wildman–Crippen LogP) is 6.39. The highest BCUT2D eigenvalue weighted by atomic mass is 32.2. The van der Waals surface area contributed by atoms with Crippen molar-refractivity contribution in [2.45, 2.75) is 22.1 Å². The lowest BCUT2D eigenvalue weighted by Gasteiger charge is -2.25. The Kier molecular flexibility index (Phi) is 8.84. The number of morpholine rings is 1. The van der Waals surface area contributed by atoms with Crippen molar-refractivity contribution in [1.82, 2.24) is 9.88 Å². The summed E-state index contributed by atoms with van der Waals surface area (Å²) >= 11 is 0.470. The first-order valence-electron chi connectivity index (χ1n) is 11.8. The second-order valence-electron chi connectivity index (χ2n) is 8.49. The van der Waals surface area contributed by atoms with Gasteiger partial charge in [-0.05, 0) is 48.0 Å². The van der Waals surface area contributed by atoms with Crippen molar-refractivity contribution in [3.8, 4) is 0 Å². The second kappa shape index (κ2) is 12.1. The lowest BCUT2D eigenvalue weighted by molar-refractivity contribution is -0.163. The molecule has 0 aliphatic carbocycles. The summed E-state index contributed by atoms with van der Waals surface area (Å²) in [4.78, 5) is 29.4. The fraction of sp³-hybridized carbons (Fsp3) is 0.222. The van der Waals surface area contributed by atoms with E-state index < -0.39 is 45.8 Å². The molecule has 2 aromatic carbocycles. The van der Waals surface area contributed by atoms with Gasteiger partial charge in [-0.25, -0.2) is 0 Å². The van der Waals surface area contributed by atoms with Crippen molar-refractivity contribution in [1.29, 1.82) is 0 Å². The smallest absolute Gasteiger partial charge is 0.378 e. The van der Waals surface area contributed by atoms with Crippen LogP contribution >= 0.6 is 11.8 Å². The first-order valence-corrected chi connectivity index (χ1v) is 12.6. The molecule has 1 saturated heterocycles. The molecule has 3 aromatic rings. The van der Waals surface area contributed by atoms with E-state index in [2.05, 4.69) is 10.3 Å². The molecular formula is C27H21F6N3O3S. The van der Waals surface area contributed by atoms with Crippen LogP contribution in [0.1, 0.15) is 27.0 Å². The lowest BCUT2D eigenvalue weighted by Crippen LogP contribution is -2.39. The monoisotopic (exact) mass is 581 g/mol. The lowest BCUT2D eigenvalue weighted by atomic mass is 9.99. The predicted molar refractivity (Wildman–Crippen MR) is 136 cm³/mol. The van der Waals surface area contributed by atoms with E-state index in [0.29, 0.717) is 11.8 Å². The van der Waals surface area contributed by atoms with Crippen molar-refractivity contribution in [3.63, 3.8) is 0 Å². The van der Waals surface area contributed by atoms with Crippen LogP contribution in [-0.2, 0) is 21.9 Å². The number of alkyl halides is 6. The minimum atomic E-state index is -5.37. The molecule has 0 radical (unpaired) electrons. The number of rotatable bonds is 6. The minimum absolute atomic E-state index is 0.164. The molecule has 0 atom stereocenters. The first kappa shape index (κ1) is 29.2. The van der Waals surface area contributed by atoms with Crippen molar-refractivity contribution in [2.75, 3.05) is 31.6 Å². The van der Waals surface area contributed by atoms with Crippen molar-refractivity contribution in [3.05, 3.63) is 89.3 Å². The highest BCUT2D eigenvalue weighted by Crippen LogP contribution is 2.48. The fourth-order valence-electron chi connectivity index (χ4n) is 3.93. The van der Waals surface area contributed by atoms with E-state index in [1.54, 1.807) is 0 Å². The third-order valence-electron chi connectivity index (χ3n) is 5.76. The van der Waals surface area contributed by atoms with Crippen LogP contribution in [-0.4, -0.2) is 48.0 Å². The zero-order chi connectivity index (χ0) is 28.9. The Morgan fingerprint density at radius 2 is 1.60 bits per heavy atom. The van der Waals surface area contributed by atoms with Gasteiger partial charge in [-0.1, -0.05) is 23.9 Å². The van der Waals surface area contributed by atoms with Crippen LogP contribution in [0.4, 0.5) is 32.0 Å². The van der Waals surface area contributed by atoms with Crippen LogP contribution in [0, 0.1) is 0 Å². The minimum Gasteiger partial charge on any atom is -0.378 e. The van der Waals surface area contributed by atoms with Gasteiger partial charge < -0.3 is 15.0 Å². The number of amides is 2. The molecule has 0 bridgehead atoms. The summed E-state index contributed by atoms with van der Waals surface area (Å²) in [7, 11) is 0. The number of carbonyl (C=O) groups excluding carboxylic acids is 2. The number of halogens is 6. The van der Waals surface area contributed by atoms with Crippen molar-refractivity contribution in [2.24, 2.45) is 0 Å². The van der Waals surface area contributed by atoms with Crippen LogP contribution in [0.5, 0.6) is 0 Å². The third kappa shape index (κ3) is 7.21. The topological polar surface area (TPSA) is 71.5 Å². The number of hydrogen-bond donors (Lipinski definition) is 1. The molecule has 4 rings (SSSR count). The molecule has 1 aliphatic heterocycles. The Hall–Kier alpha value is -3.84. The van der Waals surface area contributed by atoms with Gasteiger partial charge >= 0.3 is 12.4 Å². The molecule has 0 spiro atoms. The summed E-state index contributed by atoms with van der Waals surface area (Å²) in [6.07, 6.45) is -6.33. The Bertz CT molecular complexity index is 1400. The van der Waals surface area contributed by atoms with E-state index >= 15 is 0 Å². The molecule has 40 heavy (non-hydrogen) atoms. The summed E-state index contributed by atoms with van der Waals surface area (Å²) in [5, 5.41) is 2.59. The normalized spacial score (nSPS) is 14.4. The maximum atomic E-state index is 14.2. The number of anilines is 1. The van der Waals surface area contributed by atoms with Gasteiger partial charge in [0.25, 0.3) is 5.91 Å². The van der Waals surface area contributed by atoms with Crippen LogP contribution in [0.15, 0.2) is 76.8 Å². The number of hydrogen-bond acceptors (Lipinski definition) is 5. The average Bonchev–Trinajstić information content (AvgIpc) is 2.92. The molecular weight excluding hydrogens is 560 g/mol. The van der Waals surface area contributed by atoms with Crippen LogP contribution in [0.3, 0.4) is 0 Å². The van der Waals surface area contributed by atoms with Gasteiger partial charge in [0.1, 0.15) is 0 Å². The van der Waals surface area contributed by atoms with E-state index in [1.165, 1.54) is 53.7 Å². The number of ether oxygens (including phenoxy) is 1. The van der Waals surface area contributed by atoms with Gasteiger partial charge in [0.05, 0.1) is 24.3 Å². The molecule has 13 heteroatoms. The molecule has 210 valence electrons. The SMILES string of the molecule is O=C(Nc1cccc(Sc2ccc(C=CC(=O)N3CCOCC3)c(C(F)(F)F)c2C(F)(F)F)c1)c1ccncc1. The third-order valence-corrected chi connectivity index (χ3v) is 6.81. The molecule has 0 unspecified atom stereocenters. The highest BCUT2D eigenvalue weighted by molar-refractivity contribution is 7.99. The summed E-state index contributed by atoms with van der Waals surface area (Å²) < 4.78 is 89.9. The number of benzene rings is 2. The molecule has 1 aliphatic rings. The maximum absolute atomic E-state index is 14.2. The maximum Gasteiger partial charge on any atom is 0.418 e. The van der Waals surface area contributed by atoms with E-state index in [1.807, 2.05) is 0 Å². The molecule has 2 heterocycles. The zero-order valence-electron chi connectivity index (χ0n) is 20.6. The number of carbonyl (C=O) groups is 2. The van der Waals surface area contributed by atoms with E-state index in [0.717, 1.165) is 24.3 Å². The van der Waals surface area contributed by atoms with Gasteiger partial charge in [-0.2, -0.15) is 26.3 Å². The zero-order valence-corrected chi connectivity index (χ0v) is 21.4. The van der Waals surface area contributed by atoms with Crippen LogP contribution in [0.25, 0.3) is 6.08 Å². The summed E-state index contributed by atoms with van der Waals surface area (Å²) in [5.41, 5.74) is -4.02. The molecule has 0 saturated carbocycles. The summed E-state index contributed by atoms with van der Waals surface area (Å²) in [5.74, 6) is -1.13. The Labute approximate surface area is 229 Å². The molecule has 2 amide bonds. The van der Waals surface area contributed by atoms with Gasteiger partial charge in [-0.3, -0.25) is 14.6 Å². The number of nitrogens with one attached hydrogen (secondary N) is 1. The van der Waals surface area contributed by atoms with E-state index in [4.69, 9.17) is 4.74 Å². The van der Waals surface area contributed by atoms with E-state index in [-0.39, 0.29) is 42.4 Å². The molecule has 1 N–H and O–H groups in total. The van der Waals surface area contributed by atoms with Gasteiger partial charge in [0.2, 0.25) is 5.91 Å². The van der Waals surface area contributed by atoms with Crippen LogP contribution < -0.4 is 5.32 Å². The quantitative estimate of drug-likeness (QED) is 0.270. The Balaban J connectivity index is 1.67. The van der Waals surface area contributed by atoms with Crippen molar-refractivity contribution < 1.29 is 40.7 Å². The molecule has 6 nitrogen and oxygen atoms in total. The number of pyridine rings is 1. The molecule has 1 fully saturated rings.